The Morgan fingerprint density at radius 3 is 2.73 bits per heavy atom. The highest BCUT2D eigenvalue weighted by molar-refractivity contribution is 7.22. The van der Waals surface area contributed by atoms with Gasteiger partial charge in [0.2, 0.25) is 0 Å². The smallest absolute Gasteiger partial charge is 0.319 e. The molecule has 2 aromatic carbocycles. The molecular weight excluding hydrogens is 575 g/mol. The minimum Gasteiger partial charge on any atom is -0.461 e. The second kappa shape index (κ2) is 10.4. The van der Waals surface area contributed by atoms with Gasteiger partial charge in [-0.15, -0.1) is 0 Å². The Morgan fingerprint density at radius 1 is 1.12 bits per heavy atom. The maximum absolute atomic E-state index is 16.6. The van der Waals surface area contributed by atoms with Crippen molar-refractivity contribution in [1.82, 2.24) is 25.2 Å². The number of ether oxygens (including phenoxy) is 1. The molecule has 8 nitrogen and oxygen atoms in total. The van der Waals surface area contributed by atoms with Crippen LogP contribution in [0.1, 0.15) is 25.7 Å². The van der Waals surface area contributed by atoms with Crippen molar-refractivity contribution in [3.8, 4) is 17.1 Å². The lowest BCUT2D eigenvalue weighted by molar-refractivity contribution is 0.108. The topological polar surface area (TPSA) is 92.4 Å². The zero-order chi connectivity index (χ0) is 28.3. The summed E-state index contributed by atoms with van der Waals surface area (Å²) in [4.78, 5) is 17.7. The number of hydrogen-bond donors (Lipinski definition) is 2. The maximum atomic E-state index is 16.6. The molecule has 3 aliphatic heterocycles. The van der Waals surface area contributed by atoms with E-state index in [1.54, 1.807) is 11.0 Å². The van der Waals surface area contributed by atoms with Gasteiger partial charge in [-0.25, -0.2) is 18.2 Å². The number of benzene rings is 2. The molecule has 0 saturated carbocycles. The van der Waals surface area contributed by atoms with E-state index in [4.69, 9.17) is 27.1 Å². The van der Waals surface area contributed by atoms with Crippen molar-refractivity contribution in [3.63, 3.8) is 0 Å². The Labute approximate surface area is 243 Å². The normalized spacial score (nSPS) is 21.1. The maximum Gasteiger partial charge on any atom is 0.319 e. The Bertz CT molecular complexity index is 1640. The summed E-state index contributed by atoms with van der Waals surface area (Å²) in [5, 5.41) is 3.65. The number of nitrogens with zero attached hydrogens (tertiary/aromatic N) is 5. The Hall–Kier alpha value is -2.93. The van der Waals surface area contributed by atoms with Crippen LogP contribution in [0.4, 0.5) is 24.1 Å². The molecule has 4 aromatic rings. The number of aromatic nitrogens is 3. The molecule has 3 fully saturated rings. The molecule has 0 amide bonds. The van der Waals surface area contributed by atoms with Crippen molar-refractivity contribution in [1.29, 1.82) is 0 Å². The van der Waals surface area contributed by atoms with Crippen LogP contribution in [0.5, 0.6) is 6.01 Å². The summed E-state index contributed by atoms with van der Waals surface area (Å²) in [7, 11) is 0. The second-order valence-electron chi connectivity index (χ2n) is 11.1. The third-order valence-corrected chi connectivity index (χ3v) is 9.74. The molecule has 3 saturated heterocycles. The summed E-state index contributed by atoms with van der Waals surface area (Å²) >= 11 is 7.71. The van der Waals surface area contributed by atoms with Gasteiger partial charge in [-0.1, -0.05) is 22.9 Å². The molecule has 5 heterocycles. The van der Waals surface area contributed by atoms with E-state index in [1.165, 1.54) is 12.1 Å². The fourth-order valence-electron chi connectivity index (χ4n) is 6.63. The summed E-state index contributed by atoms with van der Waals surface area (Å²) in [6.45, 7) is 3.76. The van der Waals surface area contributed by atoms with Gasteiger partial charge in [0.25, 0.3) is 0 Å². The highest BCUT2D eigenvalue weighted by atomic mass is 35.5. The molecule has 7 rings (SSSR count). The molecule has 1 atom stereocenters. The highest BCUT2D eigenvalue weighted by Gasteiger charge is 2.45. The van der Waals surface area contributed by atoms with E-state index < -0.39 is 17.8 Å². The molecule has 13 heteroatoms. The first kappa shape index (κ1) is 26.9. The van der Waals surface area contributed by atoms with Crippen LogP contribution in [0.25, 0.3) is 32.2 Å². The van der Waals surface area contributed by atoms with Gasteiger partial charge in [-0.05, 0) is 57.0 Å². The van der Waals surface area contributed by atoms with E-state index >= 15 is 4.39 Å². The summed E-state index contributed by atoms with van der Waals surface area (Å²) in [5.41, 5.74) is 6.35. The van der Waals surface area contributed by atoms with Gasteiger partial charge in [-0.3, -0.25) is 4.90 Å². The first-order valence-corrected chi connectivity index (χ1v) is 15.0. The molecule has 0 bridgehead atoms. The molecular formula is C28H29ClF3N7OS. The number of thiazole rings is 1. The number of halogens is 4. The number of anilines is 2. The molecule has 1 unspecified atom stereocenters. The Balaban J connectivity index is 1.38. The minimum absolute atomic E-state index is 0.00936. The Kier molecular flexibility index (Phi) is 6.84. The summed E-state index contributed by atoms with van der Waals surface area (Å²) in [6, 6.07) is 4.30. The number of fused-ring (bicyclic) bond motifs is 3. The van der Waals surface area contributed by atoms with Crippen molar-refractivity contribution < 1.29 is 17.9 Å². The number of nitrogens with two attached hydrogens (primary N) is 1. The summed E-state index contributed by atoms with van der Waals surface area (Å²) < 4.78 is 52.3. The van der Waals surface area contributed by atoms with E-state index in [2.05, 4.69) is 20.2 Å². The lowest BCUT2D eigenvalue weighted by Crippen LogP contribution is -2.43. The van der Waals surface area contributed by atoms with Crippen LogP contribution < -0.4 is 20.7 Å². The zero-order valence-corrected chi connectivity index (χ0v) is 23.8. The number of alkyl halides is 1. The van der Waals surface area contributed by atoms with E-state index in [-0.39, 0.29) is 56.1 Å². The van der Waals surface area contributed by atoms with Crippen LogP contribution in [0.15, 0.2) is 18.2 Å². The van der Waals surface area contributed by atoms with Gasteiger partial charge in [0, 0.05) is 36.1 Å². The van der Waals surface area contributed by atoms with E-state index in [1.807, 2.05) is 0 Å². The van der Waals surface area contributed by atoms with Gasteiger partial charge in [0.1, 0.15) is 29.9 Å². The van der Waals surface area contributed by atoms with Crippen molar-refractivity contribution >= 4 is 55.0 Å². The fourth-order valence-corrected chi connectivity index (χ4v) is 7.68. The van der Waals surface area contributed by atoms with Crippen LogP contribution in [-0.4, -0.2) is 77.4 Å². The van der Waals surface area contributed by atoms with Crippen LogP contribution in [-0.2, 0) is 0 Å². The molecule has 41 heavy (non-hydrogen) atoms. The minimum atomic E-state index is -1.14. The number of nitrogens with one attached hydrogen (secondary N) is 1. The lowest BCUT2D eigenvalue weighted by atomic mass is 9.95. The van der Waals surface area contributed by atoms with Crippen molar-refractivity contribution in [2.45, 2.75) is 37.4 Å². The Morgan fingerprint density at radius 2 is 1.93 bits per heavy atom. The van der Waals surface area contributed by atoms with Crippen LogP contribution in [0.3, 0.4) is 0 Å². The monoisotopic (exact) mass is 603 g/mol. The second-order valence-corrected chi connectivity index (χ2v) is 12.5. The van der Waals surface area contributed by atoms with E-state index in [0.29, 0.717) is 36.5 Å². The highest BCUT2D eigenvalue weighted by Crippen LogP contribution is 2.43. The first-order valence-electron chi connectivity index (χ1n) is 13.9. The van der Waals surface area contributed by atoms with Crippen LogP contribution >= 0.6 is 22.9 Å². The summed E-state index contributed by atoms with van der Waals surface area (Å²) in [5.74, 6) is -0.858. The van der Waals surface area contributed by atoms with Crippen molar-refractivity contribution in [2.75, 3.05) is 56.5 Å². The number of hydrogen-bond acceptors (Lipinski definition) is 9. The lowest BCUT2D eigenvalue weighted by Gasteiger charge is -2.31. The predicted molar refractivity (Wildman–Crippen MR) is 156 cm³/mol. The SMILES string of the molecule is Nc1nc2c(-c3c(Cl)cc4c(N5CCNCC(F)C5)nc(OCC56CCCN5CCC6)nc4c3F)ccc(F)c2s1. The van der Waals surface area contributed by atoms with Crippen molar-refractivity contribution in [2.24, 2.45) is 0 Å². The third kappa shape index (κ3) is 4.65. The summed E-state index contributed by atoms with van der Waals surface area (Å²) in [6.07, 6.45) is 3.13. The number of nitrogen functional groups attached to an aromatic ring is 1. The van der Waals surface area contributed by atoms with E-state index in [0.717, 1.165) is 50.1 Å². The average molecular weight is 604 g/mol. The molecule has 3 aliphatic rings. The van der Waals surface area contributed by atoms with Gasteiger partial charge in [0.05, 0.1) is 27.3 Å². The molecule has 0 spiro atoms. The zero-order valence-electron chi connectivity index (χ0n) is 22.2. The molecule has 0 radical (unpaired) electrons. The number of rotatable bonds is 5. The fraction of sp³-hybridized carbons (Fsp3) is 0.464. The van der Waals surface area contributed by atoms with Gasteiger partial charge < -0.3 is 20.7 Å². The quantitative estimate of drug-likeness (QED) is 0.323. The van der Waals surface area contributed by atoms with Crippen molar-refractivity contribution in [3.05, 3.63) is 34.9 Å². The van der Waals surface area contributed by atoms with E-state index in [9.17, 15) is 8.78 Å². The first-order chi connectivity index (χ1) is 19.8. The average Bonchev–Trinajstić information content (AvgIpc) is 3.60. The van der Waals surface area contributed by atoms with Gasteiger partial charge in [-0.2, -0.15) is 9.97 Å². The largest absolute Gasteiger partial charge is 0.461 e. The standard InChI is InChI=1S/C28H29ClF3N7OS/c29-18-11-17-22(21(32)20(18)16-3-4-19(31)24-23(16)35-26(33)41-24)36-27(37-25(17)38-10-7-34-12-15(30)13-38)40-14-28-5-1-8-39(28)9-2-6-28/h3-4,11,15,34H,1-2,5-10,12-14H2,(H2,33,35). The van der Waals surface area contributed by atoms with Crippen LogP contribution in [0.2, 0.25) is 5.02 Å². The molecule has 3 N–H and O–H groups in total. The molecule has 0 aliphatic carbocycles. The third-order valence-electron chi connectivity index (χ3n) is 8.55. The van der Waals surface area contributed by atoms with Gasteiger partial charge in [0.15, 0.2) is 10.9 Å². The predicted octanol–water partition coefficient (Wildman–Crippen LogP) is 5.18. The molecule has 216 valence electrons. The molecule has 2 aromatic heterocycles. The van der Waals surface area contributed by atoms with Gasteiger partial charge >= 0.3 is 6.01 Å². The van der Waals surface area contributed by atoms with Crippen LogP contribution in [0, 0.1) is 11.6 Å².